The van der Waals surface area contributed by atoms with Crippen molar-refractivity contribution in [1.82, 2.24) is 15.6 Å². The summed E-state index contributed by atoms with van der Waals surface area (Å²) in [5.41, 5.74) is 8.76. The van der Waals surface area contributed by atoms with Gasteiger partial charge in [0.1, 0.15) is 6.17 Å². The van der Waals surface area contributed by atoms with E-state index in [2.05, 4.69) is 32.9 Å². The molecule has 1 amide bonds. The molecule has 2 fully saturated rings. The third-order valence-electron chi connectivity index (χ3n) is 7.66. The first kappa shape index (κ1) is 24.1. The topological polar surface area (TPSA) is 93.0 Å². The summed E-state index contributed by atoms with van der Waals surface area (Å²) in [6.45, 7) is 7.23. The largest absolute Gasteiger partial charge is 0.380 e. The zero-order chi connectivity index (χ0) is 25.2. The molecule has 8 nitrogen and oxygen atoms in total. The highest BCUT2D eigenvalue weighted by Crippen LogP contribution is 2.32. The van der Waals surface area contributed by atoms with Gasteiger partial charge in [-0.2, -0.15) is 10.4 Å². The lowest BCUT2D eigenvalue weighted by Crippen LogP contribution is -2.38. The fourth-order valence-corrected chi connectivity index (χ4v) is 5.50. The summed E-state index contributed by atoms with van der Waals surface area (Å²) >= 11 is 0. The number of amides is 1. The highest BCUT2D eigenvalue weighted by Gasteiger charge is 2.30. The van der Waals surface area contributed by atoms with E-state index in [0.29, 0.717) is 11.5 Å². The third kappa shape index (κ3) is 4.76. The number of hydrazone groups is 1. The zero-order valence-corrected chi connectivity index (χ0v) is 21.3. The molecule has 0 aliphatic carbocycles. The summed E-state index contributed by atoms with van der Waals surface area (Å²) in [7, 11) is 1.76. The van der Waals surface area contributed by atoms with Gasteiger partial charge in [0.2, 0.25) is 0 Å². The number of carbonyl (C=O) groups is 1. The van der Waals surface area contributed by atoms with Crippen molar-refractivity contribution in [1.29, 1.82) is 5.26 Å². The van der Waals surface area contributed by atoms with Crippen LogP contribution in [0.25, 0.3) is 0 Å². The quantitative estimate of drug-likeness (QED) is 0.674. The van der Waals surface area contributed by atoms with Gasteiger partial charge in [-0.3, -0.25) is 10.2 Å². The van der Waals surface area contributed by atoms with Gasteiger partial charge in [-0.05, 0) is 74.4 Å². The van der Waals surface area contributed by atoms with Crippen LogP contribution in [0.5, 0.6) is 0 Å². The van der Waals surface area contributed by atoms with Crippen molar-refractivity contribution in [3.63, 3.8) is 0 Å². The summed E-state index contributed by atoms with van der Waals surface area (Å²) in [6.07, 6.45) is 3.08. The van der Waals surface area contributed by atoms with Crippen molar-refractivity contribution in [2.24, 2.45) is 5.10 Å². The van der Waals surface area contributed by atoms with E-state index < -0.39 is 0 Å². The number of piperidine rings is 1. The average molecular weight is 487 g/mol. The van der Waals surface area contributed by atoms with Gasteiger partial charge < -0.3 is 19.9 Å². The first-order valence-corrected chi connectivity index (χ1v) is 12.8. The van der Waals surface area contributed by atoms with E-state index in [1.807, 2.05) is 49.1 Å². The van der Waals surface area contributed by atoms with Crippen LogP contribution in [0.15, 0.2) is 41.5 Å². The first-order valence-electron chi connectivity index (χ1n) is 12.8. The number of amidine groups is 1. The van der Waals surface area contributed by atoms with E-state index >= 15 is 0 Å². The SMILES string of the molecule is COC1CCN(c2cc(C)c(C(=O)N3CCC(c4ccc(C#N)cc4)CC3)cc2C2=NNC(C)N2)C1. The number of hydrogen-bond acceptors (Lipinski definition) is 7. The van der Waals surface area contributed by atoms with Gasteiger partial charge in [-0.25, -0.2) is 0 Å². The number of hydrogen-bond donors (Lipinski definition) is 2. The van der Waals surface area contributed by atoms with Gasteiger partial charge in [0, 0.05) is 50.1 Å². The number of aryl methyl sites for hydroxylation is 1. The van der Waals surface area contributed by atoms with Crippen molar-refractivity contribution in [3.8, 4) is 6.07 Å². The number of carbonyl (C=O) groups excluding carboxylic acids is 1. The first-order chi connectivity index (χ1) is 17.5. The molecule has 0 spiro atoms. The monoisotopic (exact) mass is 486 g/mol. The Bertz CT molecular complexity index is 1190. The molecule has 5 rings (SSSR count). The summed E-state index contributed by atoms with van der Waals surface area (Å²) in [5, 5.41) is 17.0. The molecule has 36 heavy (non-hydrogen) atoms. The fraction of sp³-hybridized carbons (Fsp3) is 0.464. The molecule has 2 aromatic rings. The maximum Gasteiger partial charge on any atom is 0.254 e. The second-order valence-electron chi connectivity index (χ2n) is 10.0. The number of benzene rings is 2. The fourth-order valence-electron chi connectivity index (χ4n) is 5.50. The Labute approximate surface area is 212 Å². The molecule has 2 saturated heterocycles. The van der Waals surface area contributed by atoms with Crippen LogP contribution in [0.4, 0.5) is 5.69 Å². The lowest BCUT2D eigenvalue weighted by molar-refractivity contribution is 0.0712. The second-order valence-corrected chi connectivity index (χ2v) is 10.0. The van der Waals surface area contributed by atoms with E-state index in [1.165, 1.54) is 5.56 Å². The number of anilines is 1. The molecule has 8 heteroatoms. The second kappa shape index (κ2) is 10.2. The third-order valence-corrected chi connectivity index (χ3v) is 7.66. The zero-order valence-electron chi connectivity index (χ0n) is 21.3. The number of nitriles is 1. The number of methoxy groups -OCH3 is 1. The molecule has 0 bridgehead atoms. The Morgan fingerprint density at radius 2 is 1.89 bits per heavy atom. The Kier molecular flexibility index (Phi) is 6.84. The van der Waals surface area contributed by atoms with Crippen molar-refractivity contribution < 1.29 is 9.53 Å². The average Bonchev–Trinajstić information content (AvgIpc) is 3.57. The van der Waals surface area contributed by atoms with Crippen LogP contribution in [-0.2, 0) is 4.74 Å². The molecule has 3 aliphatic rings. The lowest BCUT2D eigenvalue weighted by atomic mass is 9.88. The van der Waals surface area contributed by atoms with Crippen LogP contribution < -0.4 is 15.6 Å². The van der Waals surface area contributed by atoms with E-state index in [-0.39, 0.29) is 18.2 Å². The van der Waals surface area contributed by atoms with E-state index in [1.54, 1.807) is 7.11 Å². The van der Waals surface area contributed by atoms with Gasteiger partial charge in [0.05, 0.1) is 17.7 Å². The summed E-state index contributed by atoms with van der Waals surface area (Å²) in [4.78, 5) is 18.0. The van der Waals surface area contributed by atoms with Crippen LogP contribution >= 0.6 is 0 Å². The van der Waals surface area contributed by atoms with Crippen LogP contribution in [0.3, 0.4) is 0 Å². The van der Waals surface area contributed by atoms with Gasteiger partial charge in [-0.1, -0.05) is 12.1 Å². The maximum absolute atomic E-state index is 13.7. The molecule has 3 heterocycles. The van der Waals surface area contributed by atoms with Crippen LogP contribution in [-0.4, -0.2) is 62.2 Å². The predicted octanol–water partition coefficient (Wildman–Crippen LogP) is 3.31. The predicted molar refractivity (Wildman–Crippen MR) is 140 cm³/mol. The number of nitrogens with one attached hydrogen (secondary N) is 2. The number of ether oxygens (including phenoxy) is 1. The van der Waals surface area contributed by atoms with Gasteiger partial charge in [-0.15, -0.1) is 0 Å². The summed E-state index contributed by atoms with van der Waals surface area (Å²) in [5.74, 6) is 1.26. The molecular weight excluding hydrogens is 452 g/mol. The number of rotatable bonds is 5. The Hall–Kier alpha value is -3.57. The van der Waals surface area contributed by atoms with Crippen molar-refractivity contribution in [2.75, 3.05) is 38.2 Å². The normalized spacial score (nSPS) is 22.1. The minimum atomic E-state index is 0.0415. The van der Waals surface area contributed by atoms with Crippen LogP contribution in [0.2, 0.25) is 0 Å². The molecule has 2 atom stereocenters. The smallest absolute Gasteiger partial charge is 0.254 e. The van der Waals surface area contributed by atoms with E-state index in [9.17, 15) is 4.79 Å². The highest BCUT2D eigenvalue weighted by molar-refractivity contribution is 6.07. The standard InChI is InChI=1S/C28H34N6O2/c1-18-14-26(34-13-10-23(17-34)36-3)25(27-30-19(2)31-32-27)15-24(18)28(35)33-11-8-22(9-12-33)21-6-4-20(16-29)5-7-21/h4-7,14-15,19,22-23,31H,8-13,17H2,1-3H3,(H,30,32). The minimum Gasteiger partial charge on any atom is -0.380 e. The lowest BCUT2D eigenvalue weighted by Gasteiger charge is -2.33. The Morgan fingerprint density at radius 3 is 2.50 bits per heavy atom. The molecular formula is C28H34N6O2. The van der Waals surface area contributed by atoms with Gasteiger partial charge in [0.25, 0.3) is 5.91 Å². The van der Waals surface area contributed by atoms with Crippen LogP contribution in [0.1, 0.15) is 64.7 Å². The van der Waals surface area contributed by atoms with Crippen molar-refractivity contribution in [3.05, 3.63) is 64.2 Å². The molecule has 2 aromatic carbocycles. The van der Waals surface area contributed by atoms with Gasteiger partial charge >= 0.3 is 0 Å². The summed E-state index contributed by atoms with van der Waals surface area (Å²) in [6, 6.07) is 14.2. The molecule has 188 valence electrons. The molecule has 2 N–H and O–H groups in total. The molecule has 0 radical (unpaired) electrons. The molecule has 0 saturated carbocycles. The Balaban J connectivity index is 1.36. The van der Waals surface area contributed by atoms with E-state index in [4.69, 9.17) is 10.00 Å². The minimum absolute atomic E-state index is 0.0415. The maximum atomic E-state index is 13.7. The van der Waals surface area contributed by atoms with E-state index in [0.717, 1.165) is 73.7 Å². The highest BCUT2D eigenvalue weighted by atomic mass is 16.5. The number of nitrogens with zero attached hydrogens (tertiary/aromatic N) is 4. The summed E-state index contributed by atoms with van der Waals surface area (Å²) < 4.78 is 5.59. The molecule has 0 aromatic heterocycles. The van der Waals surface area contributed by atoms with Crippen molar-refractivity contribution in [2.45, 2.75) is 51.3 Å². The Morgan fingerprint density at radius 1 is 1.14 bits per heavy atom. The molecule has 3 aliphatic heterocycles. The van der Waals surface area contributed by atoms with Crippen molar-refractivity contribution >= 4 is 17.4 Å². The van der Waals surface area contributed by atoms with Gasteiger partial charge in [0.15, 0.2) is 5.84 Å². The number of likely N-dealkylation sites (tertiary alicyclic amines) is 1. The van der Waals surface area contributed by atoms with Crippen LogP contribution in [0, 0.1) is 18.3 Å². The molecule has 2 unspecified atom stereocenters.